The third kappa shape index (κ3) is 3.28. The maximum atomic E-state index is 11.9. The van der Waals surface area contributed by atoms with Gasteiger partial charge in [0.15, 0.2) is 0 Å². The van der Waals surface area contributed by atoms with E-state index in [-0.39, 0.29) is 22.9 Å². The summed E-state index contributed by atoms with van der Waals surface area (Å²) in [5, 5.41) is 10.7. The molecule has 0 spiro atoms. The first-order chi connectivity index (χ1) is 16.3. The Morgan fingerprint density at radius 1 is 0.857 bits per heavy atom. The van der Waals surface area contributed by atoms with E-state index in [1.54, 1.807) is 6.92 Å². The van der Waals surface area contributed by atoms with E-state index in [4.69, 9.17) is 4.74 Å². The molecule has 0 heterocycles. The monoisotopic (exact) mass is 484 g/mol. The van der Waals surface area contributed by atoms with Crippen LogP contribution in [0.25, 0.3) is 0 Å². The lowest BCUT2D eigenvalue weighted by atomic mass is 9.32. The predicted molar refractivity (Wildman–Crippen MR) is 142 cm³/mol. The standard InChI is InChI=1S/C32H52O3/c1-20(2)22-11-16-32(19-33)18-17-30(7)23(27(22)32)9-10-25-29(6)14-13-26(35-21(3)34)28(4,5)24(29)12-15-31(25,30)8/h22-27,33H,1,9-19H2,2-8H3/t22-,23-,24-,25+,26-,27-,29+,30-,31+,32+/m1/s1. The van der Waals surface area contributed by atoms with Gasteiger partial charge >= 0.3 is 5.97 Å². The van der Waals surface area contributed by atoms with Crippen LogP contribution < -0.4 is 0 Å². The summed E-state index contributed by atoms with van der Waals surface area (Å²) in [6, 6.07) is 0. The summed E-state index contributed by atoms with van der Waals surface area (Å²) in [4.78, 5) is 11.9. The Kier molecular flexibility index (Phi) is 5.96. The summed E-state index contributed by atoms with van der Waals surface area (Å²) in [5.41, 5.74) is 2.45. The molecule has 0 bridgehead atoms. The minimum atomic E-state index is -0.126. The van der Waals surface area contributed by atoms with Crippen LogP contribution in [0.1, 0.15) is 113 Å². The zero-order valence-corrected chi connectivity index (χ0v) is 23.7. The van der Waals surface area contributed by atoms with Gasteiger partial charge in [0.05, 0.1) is 0 Å². The molecule has 0 aliphatic heterocycles. The molecule has 5 rings (SSSR count). The second kappa shape index (κ2) is 8.08. The molecule has 198 valence electrons. The molecule has 0 unspecified atom stereocenters. The molecule has 0 aromatic heterocycles. The first-order valence-electron chi connectivity index (χ1n) is 14.7. The Balaban J connectivity index is 1.51. The molecular formula is C32H52O3. The number of aliphatic hydroxyl groups is 1. The average Bonchev–Trinajstić information content (AvgIpc) is 3.16. The number of ether oxygens (including phenoxy) is 1. The third-order valence-corrected chi connectivity index (χ3v) is 13.8. The highest BCUT2D eigenvalue weighted by Gasteiger charge is 2.71. The van der Waals surface area contributed by atoms with Crippen molar-refractivity contribution in [2.45, 2.75) is 119 Å². The van der Waals surface area contributed by atoms with Crippen LogP contribution >= 0.6 is 0 Å². The fourth-order valence-electron chi connectivity index (χ4n) is 11.9. The van der Waals surface area contributed by atoms with Gasteiger partial charge in [-0.25, -0.2) is 0 Å². The summed E-state index contributed by atoms with van der Waals surface area (Å²) in [6.07, 6.45) is 12.2. The maximum Gasteiger partial charge on any atom is 0.302 e. The van der Waals surface area contributed by atoms with Gasteiger partial charge < -0.3 is 9.84 Å². The van der Waals surface area contributed by atoms with Gasteiger partial charge in [0, 0.05) is 18.9 Å². The van der Waals surface area contributed by atoms with Crippen molar-refractivity contribution in [3.63, 3.8) is 0 Å². The number of rotatable bonds is 3. The second-order valence-corrected chi connectivity index (χ2v) is 15.2. The van der Waals surface area contributed by atoms with Crippen LogP contribution in [0.15, 0.2) is 12.2 Å². The van der Waals surface area contributed by atoms with E-state index >= 15 is 0 Å². The Labute approximate surface area is 214 Å². The van der Waals surface area contributed by atoms with E-state index in [9.17, 15) is 9.90 Å². The van der Waals surface area contributed by atoms with E-state index in [0.29, 0.717) is 46.5 Å². The van der Waals surface area contributed by atoms with Gasteiger partial charge in [-0.2, -0.15) is 0 Å². The first-order valence-corrected chi connectivity index (χ1v) is 14.7. The van der Waals surface area contributed by atoms with Crippen molar-refractivity contribution >= 4 is 5.97 Å². The highest BCUT2D eigenvalue weighted by atomic mass is 16.5. The van der Waals surface area contributed by atoms with Crippen molar-refractivity contribution in [2.24, 2.45) is 56.7 Å². The topological polar surface area (TPSA) is 46.5 Å². The Morgan fingerprint density at radius 3 is 2.20 bits per heavy atom. The molecule has 35 heavy (non-hydrogen) atoms. The van der Waals surface area contributed by atoms with Gasteiger partial charge in [0.25, 0.3) is 0 Å². The third-order valence-electron chi connectivity index (χ3n) is 13.8. The summed E-state index contributed by atoms with van der Waals surface area (Å²) in [7, 11) is 0. The van der Waals surface area contributed by atoms with Gasteiger partial charge in [0.2, 0.25) is 0 Å². The number of aliphatic hydroxyl groups excluding tert-OH is 1. The van der Waals surface area contributed by atoms with Crippen molar-refractivity contribution in [1.29, 1.82) is 0 Å². The maximum absolute atomic E-state index is 11.9. The molecule has 0 saturated heterocycles. The fraction of sp³-hybridized carbons (Fsp3) is 0.906. The van der Waals surface area contributed by atoms with Gasteiger partial charge in [-0.15, -0.1) is 0 Å². The van der Waals surface area contributed by atoms with Gasteiger partial charge in [-0.3, -0.25) is 4.79 Å². The minimum Gasteiger partial charge on any atom is -0.462 e. The van der Waals surface area contributed by atoms with Gasteiger partial charge in [0.1, 0.15) is 6.10 Å². The Bertz CT molecular complexity index is 891. The molecule has 10 atom stereocenters. The van der Waals surface area contributed by atoms with Crippen molar-refractivity contribution in [3.05, 3.63) is 12.2 Å². The van der Waals surface area contributed by atoms with E-state index in [1.165, 1.54) is 63.4 Å². The second-order valence-electron chi connectivity index (χ2n) is 15.2. The van der Waals surface area contributed by atoms with Crippen LogP contribution in [-0.4, -0.2) is 23.8 Å². The van der Waals surface area contributed by atoms with Crippen molar-refractivity contribution in [1.82, 2.24) is 0 Å². The van der Waals surface area contributed by atoms with E-state index in [2.05, 4.69) is 48.1 Å². The molecule has 3 heteroatoms. The lowest BCUT2D eigenvalue weighted by Crippen LogP contribution is -2.67. The average molecular weight is 485 g/mol. The summed E-state index contributed by atoms with van der Waals surface area (Å²) < 4.78 is 5.90. The normalized spacial score (nSPS) is 52.5. The Morgan fingerprint density at radius 2 is 1.57 bits per heavy atom. The molecule has 0 radical (unpaired) electrons. The molecule has 3 nitrogen and oxygen atoms in total. The van der Waals surface area contributed by atoms with Gasteiger partial charge in [-0.1, -0.05) is 46.8 Å². The molecule has 1 N–H and O–H groups in total. The number of esters is 1. The molecular weight excluding hydrogens is 432 g/mol. The largest absolute Gasteiger partial charge is 0.462 e. The molecule has 5 aliphatic carbocycles. The minimum absolute atomic E-state index is 0.0207. The van der Waals surface area contributed by atoms with Crippen LogP contribution in [0.2, 0.25) is 0 Å². The van der Waals surface area contributed by atoms with Crippen LogP contribution in [0.3, 0.4) is 0 Å². The smallest absolute Gasteiger partial charge is 0.302 e. The zero-order valence-electron chi connectivity index (χ0n) is 23.7. The number of carbonyl (C=O) groups excluding carboxylic acids is 1. The number of hydrogen-bond acceptors (Lipinski definition) is 3. The van der Waals surface area contributed by atoms with Crippen molar-refractivity contribution < 1.29 is 14.6 Å². The predicted octanol–water partition coefficient (Wildman–Crippen LogP) is 7.57. The fourth-order valence-corrected chi connectivity index (χ4v) is 11.9. The molecule has 0 amide bonds. The Hall–Kier alpha value is -0.830. The lowest BCUT2D eigenvalue weighted by Gasteiger charge is -2.73. The highest BCUT2D eigenvalue weighted by molar-refractivity contribution is 5.66. The summed E-state index contributed by atoms with van der Waals surface area (Å²) >= 11 is 0. The molecule has 5 saturated carbocycles. The van der Waals surface area contributed by atoms with Crippen molar-refractivity contribution in [2.75, 3.05) is 6.61 Å². The van der Waals surface area contributed by atoms with E-state index < -0.39 is 0 Å². The van der Waals surface area contributed by atoms with Crippen LogP contribution in [0.5, 0.6) is 0 Å². The quantitative estimate of drug-likeness (QED) is 0.332. The van der Waals surface area contributed by atoms with Gasteiger partial charge in [-0.05, 0) is 122 Å². The molecule has 0 aromatic carbocycles. The first kappa shape index (κ1) is 25.8. The van der Waals surface area contributed by atoms with Crippen molar-refractivity contribution in [3.8, 4) is 0 Å². The molecule has 5 fully saturated rings. The number of hydrogen-bond donors (Lipinski definition) is 1. The molecule has 0 aromatic rings. The SMILES string of the molecule is C=C(C)[C@H]1CC[C@@]2(CO)CC[C@]3(C)[C@H](CC[C@H]4[C@@]5(C)CC[C@@H](OC(C)=O)C(C)(C)[C@H]5CC[C@@]43C)[C@@H]12. The van der Waals surface area contributed by atoms with E-state index in [0.717, 1.165) is 12.3 Å². The van der Waals surface area contributed by atoms with Crippen LogP contribution in [0.4, 0.5) is 0 Å². The number of fused-ring (bicyclic) bond motifs is 7. The van der Waals surface area contributed by atoms with E-state index in [1.807, 2.05) is 0 Å². The lowest BCUT2D eigenvalue weighted by molar-refractivity contribution is -0.251. The zero-order chi connectivity index (χ0) is 25.6. The summed E-state index contributed by atoms with van der Waals surface area (Å²) in [6.45, 7) is 21.3. The number of carbonyl (C=O) groups is 1. The highest BCUT2D eigenvalue weighted by Crippen LogP contribution is 2.77. The summed E-state index contributed by atoms with van der Waals surface area (Å²) in [5.74, 6) is 3.07. The molecule has 5 aliphatic rings. The van der Waals surface area contributed by atoms with Crippen LogP contribution in [-0.2, 0) is 9.53 Å². The number of allylic oxidation sites excluding steroid dienone is 1. The van der Waals surface area contributed by atoms with Crippen LogP contribution in [0, 0.1) is 56.7 Å².